The van der Waals surface area contributed by atoms with Gasteiger partial charge < -0.3 is 45.1 Å². The van der Waals surface area contributed by atoms with Crippen molar-refractivity contribution in [3.63, 3.8) is 0 Å². The number of allylic oxidation sites excluding steroid dienone is 7. The van der Waals surface area contributed by atoms with Gasteiger partial charge in [-0.2, -0.15) is 0 Å². The Morgan fingerprint density at radius 2 is 0.915 bits per heavy atom. The van der Waals surface area contributed by atoms with E-state index in [1.165, 1.54) is 128 Å². The van der Waals surface area contributed by atoms with Crippen LogP contribution in [0.25, 0.3) is 0 Å². The highest BCUT2D eigenvalue weighted by Crippen LogP contribution is 2.23. The Labute approximate surface area is 434 Å². The van der Waals surface area contributed by atoms with E-state index in [1.807, 2.05) is 6.08 Å². The van der Waals surface area contributed by atoms with Gasteiger partial charge in [0, 0.05) is 12.8 Å². The van der Waals surface area contributed by atoms with Crippen molar-refractivity contribution in [3.8, 4) is 0 Å². The van der Waals surface area contributed by atoms with Crippen LogP contribution in [0.4, 0.5) is 0 Å². The third kappa shape index (κ3) is 39.7. The number of hydrogen-bond acceptors (Lipinski definition) is 10. The van der Waals surface area contributed by atoms with Crippen molar-refractivity contribution in [2.45, 2.75) is 301 Å². The zero-order chi connectivity index (χ0) is 51.7. The molecule has 1 heterocycles. The summed E-state index contributed by atoms with van der Waals surface area (Å²) in [5.41, 5.74) is 0. The standard InChI is InChI=1S/C60H109NO10/c1-3-5-7-9-11-13-15-16-23-27-30-34-38-42-46-53(63)52(51-70-60-59(68)58(67)57(66)54(50-62)71-60)61-55(64)47-43-39-35-31-28-24-21-19-17-18-20-22-25-29-33-37-41-45-49-69-56(65)48-44-40-36-32-26-14-12-10-8-6-4-2/h13,15,19,21,27,30,42,46,52-54,57-60,62-63,66-68H,3-12,14,16-18,20,22-26,28-29,31-41,43-45,47-51H2,1-2H3,(H,61,64)/b15-13+,21-19-,30-27+,46-42+. The molecule has 1 amide bonds. The minimum atomic E-state index is -1.59. The van der Waals surface area contributed by atoms with Crippen LogP contribution in [0.3, 0.4) is 0 Å². The van der Waals surface area contributed by atoms with Gasteiger partial charge in [0.25, 0.3) is 0 Å². The van der Waals surface area contributed by atoms with Crippen molar-refractivity contribution in [2.24, 2.45) is 0 Å². The molecule has 6 N–H and O–H groups in total. The SMILES string of the molecule is CCCCCC/C=C/CC/C=C/CC/C=C/C(O)C(COC1OC(CO)C(O)C(O)C1O)NC(=O)CCCCCCC/C=C\CCCCCCCCCCCOC(=O)CCCCCCCCCCCCC. The smallest absolute Gasteiger partial charge is 0.305 e. The highest BCUT2D eigenvalue weighted by atomic mass is 16.7. The summed E-state index contributed by atoms with van der Waals surface area (Å²) < 4.78 is 16.7. The predicted octanol–water partition coefficient (Wildman–Crippen LogP) is 13.3. The van der Waals surface area contributed by atoms with E-state index in [0.29, 0.717) is 19.4 Å². The summed E-state index contributed by atoms with van der Waals surface area (Å²) in [6, 6.07) is -0.845. The van der Waals surface area contributed by atoms with Gasteiger partial charge in [-0.1, -0.05) is 210 Å². The van der Waals surface area contributed by atoms with Crippen LogP contribution in [0.15, 0.2) is 48.6 Å². The summed E-state index contributed by atoms with van der Waals surface area (Å²) in [5.74, 6) is -0.226. The monoisotopic (exact) mass is 1000 g/mol. The maximum absolute atomic E-state index is 13.0. The Morgan fingerprint density at radius 1 is 0.507 bits per heavy atom. The van der Waals surface area contributed by atoms with Crippen molar-refractivity contribution in [2.75, 3.05) is 19.8 Å². The summed E-state index contributed by atoms with van der Waals surface area (Å²) in [6.45, 7) is 4.27. The number of aliphatic hydroxyl groups excluding tert-OH is 5. The number of hydrogen-bond donors (Lipinski definition) is 6. The van der Waals surface area contributed by atoms with Gasteiger partial charge in [-0.3, -0.25) is 9.59 Å². The van der Waals surface area contributed by atoms with Crippen LogP contribution in [0.1, 0.15) is 258 Å². The number of aliphatic hydroxyl groups is 5. The molecule has 1 fully saturated rings. The molecule has 1 aliphatic heterocycles. The third-order valence-corrected chi connectivity index (χ3v) is 13.6. The van der Waals surface area contributed by atoms with E-state index in [9.17, 15) is 35.1 Å². The van der Waals surface area contributed by atoms with Crippen molar-refractivity contribution < 1.29 is 49.3 Å². The summed E-state index contributed by atoms with van der Waals surface area (Å²) >= 11 is 0. The van der Waals surface area contributed by atoms with Crippen LogP contribution in [0, 0.1) is 0 Å². The number of carbonyl (C=O) groups is 2. The lowest BCUT2D eigenvalue weighted by molar-refractivity contribution is -0.302. The van der Waals surface area contributed by atoms with Crippen molar-refractivity contribution in [1.29, 1.82) is 0 Å². The fourth-order valence-electron chi connectivity index (χ4n) is 8.93. The number of rotatable bonds is 50. The molecule has 1 aliphatic rings. The average molecular weight is 1000 g/mol. The van der Waals surface area contributed by atoms with Gasteiger partial charge in [0.2, 0.25) is 5.91 Å². The largest absolute Gasteiger partial charge is 0.466 e. The molecule has 7 atom stereocenters. The van der Waals surface area contributed by atoms with Gasteiger partial charge in [-0.15, -0.1) is 0 Å². The molecule has 0 saturated carbocycles. The zero-order valence-corrected chi connectivity index (χ0v) is 45.4. The maximum atomic E-state index is 13.0. The van der Waals surface area contributed by atoms with Gasteiger partial charge in [0.15, 0.2) is 6.29 Å². The van der Waals surface area contributed by atoms with Crippen LogP contribution in [-0.4, -0.2) is 100 Å². The first kappa shape index (κ1) is 66.6. The van der Waals surface area contributed by atoms with E-state index in [-0.39, 0.29) is 18.5 Å². The Balaban J connectivity index is 2.15. The van der Waals surface area contributed by atoms with E-state index in [2.05, 4.69) is 55.6 Å². The molecule has 0 aromatic heterocycles. The van der Waals surface area contributed by atoms with Gasteiger partial charge in [0.05, 0.1) is 32.0 Å². The van der Waals surface area contributed by atoms with Gasteiger partial charge in [-0.25, -0.2) is 0 Å². The first-order valence-electron chi connectivity index (χ1n) is 29.4. The molecule has 0 aromatic rings. The van der Waals surface area contributed by atoms with Crippen molar-refractivity contribution in [3.05, 3.63) is 48.6 Å². The number of nitrogens with one attached hydrogen (secondary N) is 1. The molecule has 7 unspecified atom stereocenters. The normalized spacial score (nSPS) is 19.5. The van der Waals surface area contributed by atoms with Crippen molar-refractivity contribution >= 4 is 11.9 Å². The van der Waals surface area contributed by atoms with Crippen LogP contribution in [0.5, 0.6) is 0 Å². The molecule has 0 aliphatic carbocycles. The molecule has 11 nitrogen and oxygen atoms in total. The summed E-state index contributed by atoms with van der Waals surface area (Å²) in [7, 11) is 0. The summed E-state index contributed by atoms with van der Waals surface area (Å²) in [6.07, 6.45) is 51.9. The molecule has 71 heavy (non-hydrogen) atoms. The number of esters is 1. The van der Waals surface area contributed by atoms with Gasteiger partial charge in [0.1, 0.15) is 24.4 Å². The minimum Gasteiger partial charge on any atom is -0.466 e. The van der Waals surface area contributed by atoms with Crippen LogP contribution < -0.4 is 5.32 Å². The Hall–Kier alpha value is -2.38. The van der Waals surface area contributed by atoms with Crippen LogP contribution in [-0.2, 0) is 23.8 Å². The van der Waals surface area contributed by atoms with Crippen molar-refractivity contribution in [1.82, 2.24) is 5.32 Å². The average Bonchev–Trinajstić information content (AvgIpc) is 3.37. The number of carbonyl (C=O) groups excluding carboxylic acids is 2. The minimum absolute atomic E-state index is 0.0147. The second kappa shape index (κ2) is 49.8. The Morgan fingerprint density at radius 3 is 1.41 bits per heavy atom. The molecule has 1 rings (SSSR count). The molecule has 1 saturated heterocycles. The first-order valence-corrected chi connectivity index (χ1v) is 29.4. The van der Waals surface area contributed by atoms with E-state index < -0.39 is 49.5 Å². The number of ether oxygens (including phenoxy) is 3. The maximum Gasteiger partial charge on any atom is 0.305 e. The van der Waals surface area contributed by atoms with Crippen LogP contribution >= 0.6 is 0 Å². The fraction of sp³-hybridized carbons (Fsp3) is 0.833. The Kier molecular flexibility index (Phi) is 46.7. The molecule has 0 bridgehead atoms. The van der Waals surface area contributed by atoms with Gasteiger partial charge >= 0.3 is 5.97 Å². The quantitative estimate of drug-likeness (QED) is 0.0195. The lowest BCUT2D eigenvalue weighted by Gasteiger charge is -2.40. The highest BCUT2D eigenvalue weighted by molar-refractivity contribution is 5.76. The molecular weight excluding hydrogens is 895 g/mol. The number of unbranched alkanes of at least 4 members (excludes halogenated alkanes) is 30. The molecule has 11 heteroatoms. The fourth-order valence-corrected chi connectivity index (χ4v) is 8.93. The highest BCUT2D eigenvalue weighted by Gasteiger charge is 2.44. The van der Waals surface area contributed by atoms with E-state index >= 15 is 0 Å². The molecular formula is C60H109NO10. The lowest BCUT2D eigenvalue weighted by atomic mass is 9.99. The first-order chi connectivity index (χ1) is 34.7. The second-order valence-electron chi connectivity index (χ2n) is 20.3. The third-order valence-electron chi connectivity index (χ3n) is 13.6. The molecule has 0 spiro atoms. The lowest BCUT2D eigenvalue weighted by Crippen LogP contribution is -2.60. The van der Waals surface area contributed by atoms with E-state index in [1.54, 1.807) is 6.08 Å². The van der Waals surface area contributed by atoms with Crippen LogP contribution in [0.2, 0.25) is 0 Å². The molecule has 414 valence electrons. The van der Waals surface area contributed by atoms with E-state index in [4.69, 9.17) is 14.2 Å². The van der Waals surface area contributed by atoms with E-state index in [0.717, 1.165) is 103 Å². The zero-order valence-electron chi connectivity index (χ0n) is 45.4. The van der Waals surface area contributed by atoms with Gasteiger partial charge in [-0.05, 0) is 83.5 Å². The summed E-state index contributed by atoms with van der Waals surface area (Å²) in [4.78, 5) is 25.0. The molecule has 0 radical (unpaired) electrons. The second-order valence-corrected chi connectivity index (χ2v) is 20.3. The topological polar surface area (TPSA) is 175 Å². The number of amides is 1. The summed E-state index contributed by atoms with van der Waals surface area (Å²) in [5, 5.41) is 54.3. The molecule has 0 aromatic carbocycles. The predicted molar refractivity (Wildman–Crippen MR) is 292 cm³/mol. The Bertz CT molecular complexity index is 1320.